The van der Waals surface area contributed by atoms with E-state index in [1.165, 1.54) is 6.07 Å². The third-order valence-electron chi connectivity index (χ3n) is 11.3. The van der Waals surface area contributed by atoms with Crippen LogP contribution in [0.4, 0.5) is 0 Å². The van der Waals surface area contributed by atoms with E-state index in [1.807, 2.05) is 26.0 Å². The van der Waals surface area contributed by atoms with Gasteiger partial charge < -0.3 is 29.9 Å². The van der Waals surface area contributed by atoms with Crippen LogP contribution in [-0.4, -0.2) is 63.7 Å². The number of hydrogen-bond acceptors (Lipinski definition) is 9. The molecule has 5 rings (SSSR count). The predicted molar refractivity (Wildman–Crippen MR) is 191 cm³/mol. The highest BCUT2D eigenvalue weighted by molar-refractivity contribution is 6.25. The van der Waals surface area contributed by atoms with E-state index in [-0.39, 0.29) is 35.6 Å². The number of Topliss-reactive ketones (excluding diaryl/α,β-unsaturated/α-hetero) is 3. The van der Waals surface area contributed by atoms with Crippen LogP contribution in [0.15, 0.2) is 53.0 Å². The van der Waals surface area contributed by atoms with Gasteiger partial charge >= 0.3 is 0 Å². The molecule has 3 aliphatic rings. The quantitative estimate of drug-likeness (QED) is 0.124. The van der Waals surface area contributed by atoms with Crippen molar-refractivity contribution in [2.45, 2.75) is 98.5 Å². The summed E-state index contributed by atoms with van der Waals surface area (Å²) in [5.41, 5.74) is -2.90. The Morgan fingerprint density at radius 1 is 0.980 bits per heavy atom. The zero-order valence-corrected chi connectivity index (χ0v) is 30.4. The number of ether oxygens (including phenoxy) is 2. The number of aliphatic hydroxyl groups excluding tert-OH is 2. The molecule has 9 heteroatoms. The Hall–Kier alpha value is -3.95. The Labute approximate surface area is 295 Å². The van der Waals surface area contributed by atoms with Gasteiger partial charge in [-0.15, -0.1) is 0 Å². The van der Waals surface area contributed by atoms with Gasteiger partial charge in [0.2, 0.25) is 5.78 Å². The Bertz CT molecular complexity index is 1770. The maximum absolute atomic E-state index is 14.5. The largest absolute Gasteiger partial charge is 0.511 e. The third-order valence-corrected chi connectivity index (χ3v) is 11.3. The fraction of sp³-hybridized carbons (Fsp3) is 0.537. The number of aryl methyl sites for hydroxylation is 1. The second kappa shape index (κ2) is 14.0. The molecule has 3 aliphatic carbocycles. The van der Waals surface area contributed by atoms with Crippen LogP contribution in [-0.2, 0) is 27.2 Å². The zero-order valence-electron chi connectivity index (χ0n) is 30.4. The smallest absolute Gasteiger partial charge is 0.209 e. The van der Waals surface area contributed by atoms with Crippen LogP contribution < -0.4 is 4.74 Å². The van der Waals surface area contributed by atoms with E-state index in [0.717, 1.165) is 69.8 Å². The van der Waals surface area contributed by atoms with Gasteiger partial charge in [0.15, 0.2) is 17.2 Å². The fourth-order valence-corrected chi connectivity index (χ4v) is 9.16. The number of unbranched alkanes of at least 4 members (excludes halogenated alkanes) is 3. The monoisotopic (exact) mass is 688 g/mol. The molecular formula is C41H52O9. The molecular weight excluding hydrogens is 636 g/mol. The van der Waals surface area contributed by atoms with Crippen molar-refractivity contribution in [1.29, 1.82) is 0 Å². The number of phenols is 1. The van der Waals surface area contributed by atoms with Gasteiger partial charge in [-0.1, -0.05) is 59.6 Å². The number of hydrogen-bond donors (Lipinski definition) is 4. The van der Waals surface area contributed by atoms with Crippen LogP contribution in [0.2, 0.25) is 0 Å². The van der Waals surface area contributed by atoms with Crippen molar-refractivity contribution < 1.29 is 44.3 Å². The van der Waals surface area contributed by atoms with E-state index in [4.69, 9.17) is 9.47 Å². The van der Waals surface area contributed by atoms with Gasteiger partial charge in [-0.25, -0.2) is 0 Å². The molecule has 2 aromatic rings. The predicted octanol–water partition coefficient (Wildman–Crippen LogP) is 7.55. The van der Waals surface area contributed by atoms with Gasteiger partial charge in [0.1, 0.15) is 28.6 Å². The molecule has 0 radical (unpaired) electrons. The van der Waals surface area contributed by atoms with Crippen LogP contribution in [0.3, 0.4) is 0 Å². The van der Waals surface area contributed by atoms with Crippen LogP contribution in [0.1, 0.15) is 102 Å². The van der Waals surface area contributed by atoms with E-state index in [1.54, 1.807) is 27.0 Å². The highest BCUT2D eigenvalue weighted by Gasteiger charge is 2.71. The molecule has 0 spiro atoms. The summed E-state index contributed by atoms with van der Waals surface area (Å²) < 4.78 is 11.5. The molecule has 9 nitrogen and oxygen atoms in total. The van der Waals surface area contributed by atoms with E-state index in [9.17, 15) is 34.8 Å². The molecule has 4 atom stereocenters. The Morgan fingerprint density at radius 3 is 2.32 bits per heavy atom. The van der Waals surface area contributed by atoms with E-state index >= 15 is 0 Å². The summed E-state index contributed by atoms with van der Waals surface area (Å²) >= 11 is 0. The average molecular weight is 689 g/mol. The summed E-state index contributed by atoms with van der Waals surface area (Å²) in [5, 5.41) is 46.8. The van der Waals surface area contributed by atoms with Crippen LogP contribution in [0.5, 0.6) is 11.5 Å². The lowest BCUT2D eigenvalue weighted by Crippen LogP contribution is -2.67. The first-order chi connectivity index (χ1) is 23.6. The van der Waals surface area contributed by atoms with E-state index in [0.29, 0.717) is 16.9 Å². The minimum atomic E-state index is -2.65. The van der Waals surface area contributed by atoms with Gasteiger partial charge in [0.25, 0.3) is 0 Å². The minimum Gasteiger partial charge on any atom is -0.511 e. The number of methoxy groups -OCH3 is 1. The highest BCUT2D eigenvalue weighted by Crippen LogP contribution is 2.65. The van der Waals surface area contributed by atoms with Gasteiger partial charge in [0.05, 0.1) is 12.7 Å². The van der Waals surface area contributed by atoms with Crippen molar-refractivity contribution in [2.75, 3.05) is 20.3 Å². The van der Waals surface area contributed by atoms with E-state index in [2.05, 4.69) is 13.0 Å². The van der Waals surface area contributed by atoms with Crippen LogP contribution in [0.25, 0.3) is 11.1 Å². The average Bonchev–Trinajstić information content (AvgIpc) is 3.03. The molecule has 0 fully saturated rings. The molecule has 0 saturated carbocycles. The SMILES string of the molecule is CCCCOCCCCCc1ccc(OC)c(-c2ccc(O)c3c2C[C@]2(C)C[C@]4(C)C(C(C)C)C(O)=C(C(C)=O)C(=O)[C@]4(O)C(O)=C2C3=O)c1. The summed E-state index contributed by atoms with van der Waals surface area (Å²) in [4.78, 5) is 41.1. The lowest BCUT2D eigenvalue weighted by molar-refractivity contribution is -0.171. The number of benzene rings is 2. The summed E-state index contributed by atoms with van der Waals surface area (Å²) in [6.45, 7) is 11.9. The van der Waals surface area contributed by atoms with Crippen molar-refractivity contribution >= 4 is 17.3 Å². The van der Waals surface area contributed by atoms with Crippen molar-refractivity contribution in [2.24, 2.45) is 22.7 Å². The third kappa shape index (κ3) is 5.86. The summed E-state index contributed by atoms with van der Waals surface area (Å²) in [7, 11) is 1.58. The van der Waals surface area contributed by atoms with Crippen molar-refractivity contribution in [3.63, 3.8) is 0 Å². The van der Waals surface area contributed by atoms with Crippen LogP contribution in [0, 0.1) is 22.7 Å². The summed E-state index contributed by atoms with van der Waals surface area (Å²) in [6.07, 6.45) is 6.22. The molecule has 2 aromatic carbocycles. The maximum Gasteiger partial charge on any atom is 0.209 e. The normalized spacial score (nSPS) is 26.2. The van der Waals surface area contributed by atoms with Gasteiger partial charge in [-0.2, -0.15) is 0 Å². The molecule has 270 valence electrons. The molecule has 0 bridgehead atoms. The Morgan fingerprint density at radius 2 is 1.68 bits per heavy atom. The van der Waals surface area contributed by atoms with E-state index < -0.39 is 56.8 Å². The minimum absolute atomic E-state index is 0.0156. The highest BCUT2D eigenvalue weighted by atomic mass is 16.5. The number of carbonyl (C=O) groups is 3. The van der Waals surface area contributed by atoms with Crippen LogP contribution >= 0.6 is 0 Å². The van der Waals surface area contributed by atoms with Crippen molar-refractivity contribution in [3.05, 3.63) is 69.7 Å². The summed E-state index contributed by atoms with van der Waals surface area (Å²) in [6, 6.07) is 9.20. The second-order valence-corrected chi connectivity index (χ2v) is 15.3. The number of fused-ring (bicyclic) bond motifs is 3. The van der Waals surface area contributed by atoms with Crippen molar-refractivity contribution in [1.82, 2.24) is 0 Å². The molecule has 4 N–H and O–H groups in total. The van der Waals surface area contributed by atoms with Gasteiger partial charge in [0, 0.05) is 41.1 Å². The number of ketones is 3. The standard InChI is InChI=1S/C41H52O9/c1-8-9-18-50-19-12-10-11-13-25-14-17-30(49-7)27(20-25)26-15-16-29(43)32-28(26)21-39(5)22-40(6)33(23(2)3)35(44)31(24(4)42)37(46)41(40,48)38(47)34(39)36(32)45/h14-17,20,23,33,43-44,47-48H,8-13,18-19,21-22H2,1-7H3/t33?,39-,40-,41+/m1/s1. The maximum atomic E-state index is 14.5. The first-order valence-electron chi connectivity index (χ1n) is 17.9. The van der Waals surface area contributed by atoms with Gasteiger partial charge in [-0.3, -0.25) is 14.4 Å². The first-order valence-corrected chi connectivity index (χ1v) is 17.9. The molecule has 1 unspecified atom stereocenters. The topological polar surface area (TPSA) is 151 Å². The Kier molecular flexibility index (Phi) is 10.4. The van der Waals surface area contributed by atoms with Crippen molar-refractivity contribution in [3.8, 4) is 22.6 Å². The second-order valence-electron chi connectivity index (χ2n) is 15.3. The first kappa shape index (κ1) is 37.3. The molecule has 0 aliphatic heterocycles. The number of carbonyl (C=O) groups excluding carboxylic acids is 3. The molecule has 0 heterocycles. The summed E-state index contributed by atoms with van der Waals surface area (Å²) in [5.74, 6) is -4.72. The number of phenolic OH excluding ortho intramolecular Hbond substituents is 1. The number of allylic oxidation sites excluding steroid dienone is 2. The zero-order chi connectivity index (χ0) is 36.8. The number of aromatic hydroxyl groups is 1. The van der Waals surface area contributed by atoms with Gasteiger partial charge in [-0.05, 0) is 86.3 Å². The molecule has 50 heavy (non-hydrogen) atoms. The molecule has 0 aromatic heterocycles. The number of rotatable bonds is 13. The Balaban J connectivity index is 1.59. The number of aliphatic hydroxyl groups is 3. The molecule has 0 amide bonds. The lowest BCUT2D eigenvalue weighted by atomic mass is 9.44. The fourth-order valence-electron chi connectivity index (χ4n) is 9.16. The molecule has 0 saturated heterocycles. The lowest BCUT2D eigenvalue weighted by Gasteiger charge is -2.59.